The number of nitrogens with one attached hydrogen (secondary N) is 1. The summed E-state index contributed by atoms with van der Waals surface area (Å²) in [6.45, 7) is 1.71. The van der Waals surface area contributed by atoms with E-state index in [9.17, 15) is 0 Å². The lowest BCUT2D eigenvalue weighted by Crippen LogP contribution is -2.19. The van der Waals surface area contributed by atoms with Crippen molar-refractivity contribution in [3.05, 3.63) is 12.4 Å². The summed E-state index contributed by atoms with van der Waals surface area (Å²) in [5.74, 6) is 1.76. The van der Waals surface area contributed by atoms with Crippen molar-refractivity contribution in [2.24, 2.45) is 0 Å². The second-order valence-electron chi connectivity index (χ2n) is 4.17. The van der Waals surface area contributed by atoms with Crippen LogP contribution in [0.1, 0.15) is 12.8 Å². The van der Waals surface area contributed by atoms with Crippen molar-refractivity contribution in [3.8, 4) is 0 Å². The summed E-state index contributed by atoms with van der Waals surface area (Å²) in [5, 5.41) is 3.28. The lowest BCUT2D eigenvalue weighted by atomic mass is 10.2. The van der Waals surface area contributed by atoms with Crippen molar-refractivity contribution in [1.82, 2.24) is 9.97 Å². The number of nitrogens with zero attached hydrogens (tertiary/aromatic N) is 3. The van der Waals surface area contributed by atoms with Gasteiger partial charge in [0.25, 0.3) is 0 Å². The molecule has 0 spiro atoms. The Morgan fingerprint density at radius 1 is 1.50 bits per heavy atom. The smallest absolute Gasteiger partial charge is 0.133 e. The van der Waals surface area contributed by atoms with E-state index in [4.69, 9.17) is 4.74 Å². The van der Waals surface area contributed by atoms with Crippen molar-refractivity contribution in [1.29, 1.82) is 0 Å². The molecule has 0 aromatic carbocycles. The summed E-state index contributed by atoms with van der Waals surface area (Å²) in [5.41, 5.74) is 0. The molecule has 1 aromatic heterocycles. The van der Waals surface area contributed by atoms with Crippen molar-refractivity contribution < 1.29 is 4.74 Å². The predicted octanol–water partition coefficient (Wildman–Crippen LogP) is 1.13. The number of aromatic nitrogens is 2. The fourth-order valence-corrected chi connectivity index (χ4v) is 1.71. The molecule has 1 saturated heterocycles. The first-order valence-electron chi connectivity index (χ1n) is 5.60. The van der Waals surface area contributed by atoms with Gasteiger partial charge in [0.05, 0.1) is 6.10 Å². The molecule has 1 N–H and O–H groups in total. The Labute approximate surface area is 95.8 Å². The third-order valence-electron chi connectivity index (χ3n) is 2.65. The van der Waals surface area contributed by atoms with Gasteiger partial charge in [-0.1, -0.05) is 0 Å². The normalized spacial score (nSPS) is 19.8. The number of rotatable bonds is 4. The molecule has 1 aliphatic heterocycles. The summed E-state index contributed by atoms with van der Waals surface area (Å²) in [6, 6.07) is 1.94. The monoisotopic (exact) mass is 222 g/mol. The van der Waals surface area contributed by atoms with Crippen LogP contribution in [0.3, 0.4) is 0 Å². The van der Waals surface area contributed by atoms with Gasteiger partial charge in [-0.2, -0.15) is 0 Å². The molecule has 1 atom stereocenters. The van der Waals surface area contributed by atoms with Gasteiger partial charge in [-0.25, -0.2) is 9.97 Å². The first-order valence-corrected chi connectivity index (χ1v) is 5.60. The first-order chi connectivity index (χ1) is 7.75. The SMILES string of the molecule is CN(C)c1cc(NC[C@@H]2CCCO2)ncn1. The molecule has 0 bridgehead atoms. The lowest BCUT2D eigenvalue weighted by molar-refractivity contribution is 0.120. The minimum absolute atomic E-state index is 0.331. The summed E-state index contributed by atoms with van der Waals surface area (Å²) in [4.78, 5) is 10.3. The van der Waals surface area contributed by atoms with Crippen LogP contribution in [0.2, 0.25) is 0 Å². The van der Waals surface area contributed by atoms with Gasteiger partial charge in [0, 0.05) is 33.3 Å². The number of ether oxygens (including phenoxy) is 1. The van der Waals surface area contributed by atoms with Crippen molar-refractivity contribution >= 4 is 11.6 Å². The van der Waals surface area contributed by atoms with Gasteiger partial charge in [0.1, 0.15) is 18.0 Å². The molecule has 88 valence electrons. The Balaban J connectivity index is 1.90. The van der Waals surface area contributed by atoms with Crippen LogP contribution in [0.4, 0.5) is 11.6 Å². The van der Waals surface area contributed by atoms with E-state index in [1.165, 1.54) is 6.42 Å². The Bertz CT molecular complexity index is 337. The van der Waals surface area contributed by atoms with E-state index in [2.05, 4.69) is 15.3 Å². The molecule has 2 rings (SSSR count). The van der Waals surface area contributed by atoms with E-state index in [-0.39, 0.29) is 0 Å². The maximum Gasteiger partial charge on any atom is 0.133 e. The summed E-state index contributed by atoms with van der Waals surface area (Å²) in [7, 11) is 3.93. The molecule has 0 unspecified atom stereocenters. The van der Waals surface area contributed by atoms with Gasteiger partial charge in [-0.05, 0) is 12.8 Å². The molecule has 0 radical (unpaired) electrons. The quantitative estimate of drug-likeness (QED) is 0.827. The second-order valence-corrected chi connectivity index (χ2v) is 4.17. The second kappa shape index (κ2) is 5.12. The first kappa shape index (κ1) is 11.1. The third-order valence-corrected chi connectivity index (χ3v) is 2.65. The average Bonchev–Trinajstić information content (AvgIpc) is 2.79. The maximum absolute atomic E-state index is 5.54. The highest BCUT2D eigenvalue weighted by atomic mass is 16.5. The van der Waals surface area contributed by atoms with Crippen LogP contribution in [0.15, 0.2) is 12.4 Å². The highest BCUT2D eigenvalue weighted by Crippen LogP contribution is 2.14. The van der Waals surface area contributed by atoms with Gasteiger partial charge in [0.2, 0.25) is 0 Å². The molecular weight excluding hydrogens is 204 g/mol. The minimum atomic E-state index is 0.331. The zero-order valence-corrected chi connectivity index (χ0v) is 9.81. The van der Waals surface area contributed by atoms with Crippen molar-refractivity contribution in [2.45, 2.75) is 18.9 Å². The van der Waals surface area contributed by atoms with Gasteiger partial charge < -0.3 is 15.0 Å². The topological polar surface area (TPSA) is 50.3 Å². The molecule has 0 aliphatic carbocycles. The van der Waals surface area contributed by atoms with E-state index in [1.54, 1.807) is 6.33 Å². The molecule has 1 aromatic rings. The fourth-order valence-electron chi connectivity index (χ4n) is 1.71. The van der Waals surface area contributed by atoms with E-state index >= 15 is 0 Å². The van der Waals surface area contributed by atoms with Crippen LogP contribution in [0, 0.1) is 0 Å². The summed E-state index contributed by atoms with van der Waals surface area (Å²) in [6.07, 6.45) is 4.21. The molecule has 2 heterocycles. The van der Waals surface area contributed by atoms with E-state index in [0.29, 0.717) is 6.10 Å². The van der Waals surface area contributed by atoms with Crippen LogP contribution in [0.25, 0.3) is 0 Å². The summed E-state index contributed by atoms with van der Waals surface area (Å²) >= 11 is 0. The molecule has 0 saturated carbocycles. The standard InChI is InChI=1S/C11H18N4O/c1-15(2)11-6-10(13-8-14-11)12-7-9-4-3-5-16-9/h6,8-9H,3-5,7H2,1-2H3,(H,12,13,14)/t9-/m0/s1. The Morgan fingerprint density at radius 2 is 2.38 bits per heavy atom. The zero-order valence-electron chi connectivity index (χ0n) is 9.81. The van der Waals surface area contributed by atoms with Crippen LogP contribution in [0.5, 0.6) is 0 Å². The van der Waals surface area contributed by atoms with E-state index < -0.39 is 0 Å². The molecule has 1 fully saturated rings. The Hall–Kier alpha value is -1.36. The van der Waals surface area contributed by atoms with Crippen molar-refractivity contribution in [3.63, 3.8) is 0 Å². The average molecular weight is 222 g/mol. The highest BCUT2D eigenvalue weighted by Gasteiger charge is 2.15. The van der Waals surface area contributed by atoms with E-state index in [1.807, 2.05) is 25.1 Å². The third kappa shape index (κ3) is 2.82. The molecular formula is C11H18N4O. The predicted molar refractivity (Wildman–Crippen MR) is 63.8 cm³/mol. The Morgan fingerprint density at radius 3 is 3.06 bits per heavy atom. The number of hydrogen-bond acceptors (Lipinski definition) is 5. The molecule has 16 heavy (non-hydrogen) atoms. The molecule has 1 aliphatic rings. The molecule has 5 heteroatoms. The molecule has 0 amide bonds. The van der Waals surface area contributed by atoms with Crippen LogP contribution in [-0.2, 0) is 4.74 Å². The number of hydrogen-bond donors (Lipinski definition) is 1. The molecule has 5 nitrogen and oxygen atoms in total. The van der Waals surface area contributed by atoms with E-state index in [0.717, 1.165) is 31.2 Å². The minimum Gasteiger partial charge on any atom is -0.376 e. The zero-order chi connectivity index (χ0) is 11.4. The van der Waals surface area contributed by atoms with Gasteiger partial charge in [-0.15, -0.1) is 0 Å². The largest absolute Gasteiger partial charge is 0.376 e. The van der Waals surface area contributed by atoms with Crippen LogP contribution < -0.4 is 10.2 Å². The number of anilines is 2. The maximum atomic E-state index is 5.54. The van der Waals surface area contributed by atoms with Gasteiger partial charge in [-0.3, -0.25) is 0 Å². The van der Waals surface area contributed by atoms with Crippen LogP contribution in [-0.4, -0.2) is 43.3 Å². The summed E-state index contributed by atoms with van der Waals surface area (Å²) < 4.78 is 5.54. The highest BCUT2D eigenvalue weighted by molar-refractivity contribution is 5.47. The van der Waals surface area contributed by atoms with Crippen LogP contribution >= 0.6 is 0 Å². The van der Waals surface area contributed by atoms with Gasteiger partial charge >= 0.3 is 0 Å². The lowest BCUT2D eigenvalue weighted by Gasteiger charge is -2.14. The Kier molecular flexibility index (Phi) is 3.56. The van der Waals surface area contributed by atoms with Crippen molar-refractivity contribution in [2.75, 3.05) is 37.5 Å². The van der Waals surface area contributed by atoms with Gasteiger partial charge in [0.15, 0.2) is 0 Å². The fraction of sp³-hybridized carbons (Fsp3) is 0.636.